The van der Waals surface area contributed by atoms with Crippen LogP contribution in [0.3, 0.4) is 0 Å². The molecule has 0 N–H and O–H groups in total. The predicted octanol–water partition coefficient (Wildman–Crippen LogP) is 3.71. The Bertz CT molecular complexity index is 650. The Labute approximate surface area is 124 Å². The molecule has 5 heteroatoms. The highest BCUT2D eigenvalue weighted by Gasteiger charge is 2.28. The molecule has 1 fully saturated rings. The average Bonchev–Trinajstić information content (AvgIpc) is 3.10. The predicted molar refractivity (Wildman–Crippen MR) is 79.9 cm³/mol. The maximum Gasteiger partial charge on any atom is 0.164 e. The summed E-state index contributed by atoms with van der Waals surface area (Å²) in [7, 11) is 1.92. The van der Waals surface area contributed by atoms with E-state index < -0.39 is 0 Å². The second-order valence-corrected chi connectivity index (χ2v) is 6.92. The lowest BCUT2D eigenvalue weighted by Crippen LogP contribution is -2.14. The SMILES string of the molecule is Cn1cc(-c2nc(Cl)cc(C3CC3)n2)c(C(C)(C)C)n1. The van der Waals surface area contributed by atoms with Crippen LogP contribution in [0.15, 0.2) is 12.3 Å². The van der Waals surface area contributed by atoms with E-state index in [1.165, 1.54) is 12.8 Å². The van der Waals surface area contributed by atoms with Gasteiger partial charge in [0.1, 0.15) is 5.15 Å². The van der Waals surface area contributed by atoms with Crippen LogP contribution in [-0.2, 0) is 12.5 Å². The summed E-state index contributed by atoms with van der Waals surface area (Å²) >= 11 is 6.17. The van der Waals surface area contributed by atoms with E-state index in [4.69, 9.17) is 16.6 Å². The summed E-state index contributed by atoms with van der Waals surface area (Å²) in [5.74, 6) is 1.25. The van der Waals surface area contributed by atoms with Crippen LogP contribution in [0.1, 0.15) is 50.9 Å². The second kappa shape index (κ2) is 4.55. The zero-order valence-corrected chi connectivity index (χ0v) is 13.1. The zero-order chi connectivity index (χ0) is 14.5. The van der Waals surface area contributed by atoms with Crippen LogP contribution in [-0.4, -0.2) is 19.7 Å². The largest absolute Gasteiger partial charge is 0.275 e. The maximum atomic E-state index is 6.17. The number of hydrogen-bond acceptors (Lipinski definition) is 3. The van der Waals surface area contributed by atoms with Crippen LogP contribution in [0, 0.1) is 0 Å². The molecule has 4 nitrogen and oxygen atoms in total. The number of aromatic nitrogens is 4. The van der Waals surface area contributed by atoms with Gasteiger partial charge in [-0.05, 0) is 18.9 Å². The van der Waals surface area contributed by atoms with Gasteiger partial charge in [-0.2, -0.15) is 5.10 Å². The van der Waals surface area contributed by atoms with Crippen molar-refractivity contribution in [3.8, 4) is 11.4 Å². The maximum absolute atomic E-state index is 6.17. The summed E-state index contributed by atoms with van der Waals surface area (Å²) in [6.45, 7) is 6.43. The zero-order valence-electron chi connectivity index (χ0n) is 12.3. The van der Waals surface area contributed by atoms with Gasteiger partial charge in [0.15, 0.2) is 5.82 Å². The van der Waals surface area contributed by atoms with Gasteiger partial charge in [0.2, 0.25) is 0 Å². The van der Waals surface area contributed by atoms with Gasteiger partial charge in [-0.15, -0.1) is 0 Å². The van der Waals surface area contributed by atoms with Crippen LogP contribution < -0.4 is 0 Å². The third kappa shape index (κ3) is 2.57. The normalized spacial score (nSPS) is 15.7. The Morgan fingerprint density at radius 3 is 2.55 bits per heavy atom. The van der Waals surface area contributed by atoms with E-state index >= 15 is 0 Å². The first-order chi connectivity index (χ1) is 9.34. The number of halogens is 1. The van der Waals surface area contributed by atoms with Crippen LogP contribution in [0.4, 0.5) is 0 Å². The molecule has 0 unspecified atom stereocenters. The molecule has 20 heavy (non-hydrogen) atoms. The van der Waals surface area contributed by atoms with E-state index in [9.17, 15) is 0 Å². The smallest absolute Gasteiger partial charge is 0.164 e. The molecule has 0 aromatic carbocycles. The number of rotatable bonds is 2. The minimum Gasteiger partial charge on any atom is -0.275 e. The summed E-state index contributed by atoms with van der Waals surface area (Å²) in [4.78, 5) is 9.11. The lowest BCUT2D eigenvalue weighted by Gasteiger charge is -2.17. The molecule has 0 atom stereocenters. The monoisotopic (exact) mass is 290 g/mol. The van der Waals surface area contributed by atoms with Crippen molar-refractivity contribution in [2.75, 3.05) is 0 Å². The summed E-state index contributed by atoms with van der Waals surface area (Å²) in [5, 5.41) is 5.09. The third-order valence-corrected chi connectivity index (χ3v) is 3.68. The quantitative estimate of drug-likeness (QED) is 0.792. The van der Waals surface area contributed by atoms with Gasteiger partial charge in [0.05, 0.1) is 11.3 Å². The average molecular weight is 291 g/mol. The van der Waals surface area contributed by atoms with Crippen molar-refractivity contribution >= 4 is 11.6 Å². The molecule has 0 amide bonds. The third-order valence-electron chi connectivity index (χ3n) is 3.49. The van der Waals surface area contributed by atoms with Gasteiger partial charge in [-0.25, -0.2) is 9.97 Å². The molecular formula is C15H19ClN4. The molecular weight excluding hydrogens is 272 g/mol. The summed E-state index contributed by atoms with van der Waals surface area (Å²) in [5.41, 5.74) is 2.99. The lowest BCUT2D eigenvalue weighted by molar-refractivity contribution is 0.554. The topological polar surface area (TPSA) is 43.6 Å². The van der Waals surface area contributed by atoms with Crippen molar-refractivity contribution in [2.24, 2.45) is 7.05 Å². The highest BCUT2D eigenvalue weighted by atomic mass is 35.5. The van der Waals surface area contributed by atoms with Crippen molar-refractivity contribution in [1.82, 2.24) is 19.7 Å². The van der Waals surface area contributed by atoms with E-state index in [0.29, 0.717) is 16.9 Å². The fraction of sp³-hybridized carbons (Fsp3) is 0.533. The Morgan fingerprint density at radius 2 is 1.95 bits per heavy atom. The fourth-order valence-corrected chi connectivity index (χ4v) is 2.54. The molecule has 1 aliphatic carbocycles. The van der Waals surface area contributed by atoms with Crippen molar-refractivity contribution in [3.63, 3.8) is 0 Å². The highest BCUT2D eigenvalue weighted by molar-refractivity contribution is 6.29. The first kappa shape index (κ1) is 13.6. The Balaban J connectivity index is 2.13. The molecule has 3 rings (SSSR count). The van der Waals surface area contributed by atoms with Crippen molar-refractivity contribution in [1.29, 1.82) is 0 Å². The second-order valence-electron chi connectivity index (χ2n) is 6.53. The van der Waals surface area contributed by atoms with Crippen LogP contribution >= 0.6 is 11.6 Å². The molecule has 1 saturated carbocycles. The Kier molecular flexibility index (Phi) is 3.09. The summed E-state index contributed by atoms with van der Waals surface area (Å²) < 4.78 is 1.82. The van der Waals surface area contributed by atoms with Gasteiger partial charge >= 0.3 is 0 Å². The molecule has 0 bridgehead atoms. The van der Waals surface area contributed by atoms with Gasteiger partial charge in [-0.1, -0.05) is 32.4 Å². The van der Waals surface area contributed by atoms with Crippen LogP contribution in [0.2, 0.25) is 5.15 Å². The first-order valence-electron chi connectivity index (χ1n) is 6.93. The Morgan fingerprint density at radius 1 is 1.25 bits per heavy atom. The minimum absolute atomic E-state index is 0.0536. The van der Waals surface area contributed by atoms with Crippen molar-refractivity contribution < 1.29 is 0 Å². The summed E-state index contributed by atoms with van der Waals surface area (Å²) in [6.07, 6.45) is 4.38. The molecule has 0 saturated heterocycles. The molecule has 0 spiro atoms. The van der Waals surface area contributed by atoms with Crippen LogP contribution in [0.5, 0.6) is 0 Å². The van der Waals surface area contributed by atoms with E-state index in [1.807, 2.05) is 24.0 Å². The Hall–Kier alpha value is -1.42. The first-order valence-corrected chi connectivity index (χ1v) is 7.31. The number of nitrogens with zero attached hydrogens (tertiary/aromatic N) is 4. The molecule has 2 aromatic rings. The summed E-state index contributed by atoms with van der Waals surface area (Å²) in [6, 6.07) is 1.88. The molecule has 1 aliphatic rings. The van der Waals surface area contributed by atoms with Gasteiger partial charge < -0.3 is 0 Å². The van der Waals surface area contributed by atoms with Gasteiger partial charge in [-0.3, -0.25) is 4.68 Å². The highest BCUT2D eigenvalue weighted by Crippen LogP contribution is 2.40. The van der Waals surface area contributed by atoms with Crippen molar-refractivity contribution in [3.05, 3.63) is 28.8 Å². The van der Waals surface area contributed by atoms with E-state index in [-0.39, 0.29) is 5.41 Å². The molecule has 2 heterocycles. The molecule has 0 radical (unpaired) electrons. The standard InChI is InChI=1S/C15H19ClN4/c1-15(2,3)13-10(8-20(4)19-13)14-17-11(9-5-6-9)7-12(16)18-14/h7-9H,5-6H2,1-4H3. The molecule has 0 aliphatic heterocycles. The van der Waals surface area contributed by atoms with E-state index in [0.717, 1.165) is 17.0 Å². The molecule has 2 aromatic heterocycles. The molecule has 106 valence electrons. The van der Waals surface area contributed by atoms with Crippen LogP contribution in [0.25, 0.3) is 11.4 Å². The van der Waals surface area contributed by atoms with Gasteiger partial charge in [0.25, 0.3) is 0 Å². The fourth-order valence-electron chi connectivity index (χ4n) is 2.35. The number of aryl methyl sites for hydroxylation is 1. The van der Waals surface area contributed by atoms with Crippen molar-refractivity contribution in [2.45, 2.75) is 44.9 Å². The van der Waals surface area contributed by atoms with E-state index in [2.05, 4.69) is 30.9 Å². The van der Waals surface area contributed by atoms with Gasteiger partial charge in [0, 0.05) is 30.3 Å². The minimum atomic E-state index is -0.0536. The lowest BCUT2D eigenvalue weighted by atomic mass is 9.89. The number of hydrogen-bond donors (Lipinski definition) is 0. The van der Waals surface area contributed by atoms with E-state index in [1.54, 1.807) is 0 Å².